The van der Waals surface area contributed by atoms with Gasteiger partial charge in [0.25, 0.3) is 0 Å². The van der Waals surface area contributed by atoms with Gasteiger partial charge in [0.15, 0.2) is 5.82 Å². The molecule has 0 amide bonds. The second-order valence-electron chi connectivity index (χ2n) is 5.15. The van der Waals surface area contributed by atoms with Gasteiger partial charge in [-0.15, -0.1) is 0 Å². The molecular weight excluding hydrogens is 258 g/mol. The Labute approximate surface area is 118 Å². The number of carboxylic acid groups (broad SMARTS) is 1. The highest BCUT2D eigenvalue weighted by atomic mass is 16.4. The van der Waals surface area contributed by atoms with E-state index in [1.54, 1.807) is 0 Å². The largest absolute Gasteiger partial charge is 0.478 e. The summed E-state index contributed by atoms with van der Waals surface area (Å²) in [5.74, 6) is -0.460. The Hall–Kier alpha value is -1.82. The van der Waals surface area contributed by atoms with Crippen LogP contribution in [0.3, 0.4) is 0 Å². The van der Waals surface area contributed by atoms with Gasteiger partial charge in [-0.25, -0.2) is 9.78 Å². The minimum atomic E-state index is -1.04. The number of aliphatic hydroxyl groups excluding tert-OH is 1. The second kappa shape index (κ2) is 6.56. The Morgan fingerprint density at radius 1 is 1.40 bits per heavy atom. The van der Waals surface area contributed by atoms with Crippen molar-refractivity contribution in [2.45, 2.75) is 38.1 Å². The van der Waals surface area contributed by atoms with Crippen LogP contribution in [0.5, 0.6) is 0 Å². The van der Waals surface area contributed by atoms with Crippen LogP contribution in [0.15, 0.2) is 12.3 Å². The lowest BCUT2D eigenvalue weighted by molar-refractivity contribution is 0.0696. The third kappa shape index (κ3) is 3.19. The molecule has 4 N–H and O–H groups in total. The highest BCUT2D eigenvalue weighted by molar-refractivity contribution is 5.89. The monoisotopic (exact) mass is 279 g/mol. The average Bonchev–Trinajstić information content (AvgIpc) is 2.46. The number of aromatic carboxylic acids is 1. The van der Waals surface area contributed by atoms with Crippen molar-refractivity contribution in [3.63, 3.8) is 0 Å². The fraction of sp³-hybridized carbons (Fsp3) is 0.571. The molecule has 0 unspecified atom stereocenters. The molecule has 0 radical (unpaired) electrons. The number of anilines is 2. The topological polar surface area (TPSA) is 99.7 Å². The van der Waals surface area contributed by atoms with E-state index in [4.69, 9.17) is 10.8 Å². The maximum atomic E-state index is 10.9. The van der Waals surface area contributed by atoms with Crippen molar-refractivity contribution < 1.29 is 15.0 Å². The third-order valence-corrected chi connectivity index (χ3v) is 3.77. The quantitative estimate of drug-likeness (QED) is 0.755. The number of aromatic nitrogens is 1. The van der Waals surface area contributed by atoms with E-state index in [1.165, 1.54) is 31.5 Å². The Bertz CT molecular complexity index is 473. The molecule has 0 spiro atoms. The molecule has 1 aliphatic carbocycles. The van der Waals surface area contributed by atoms with Crippen molar-refractivity contribution in [2.75, 3.05) is 23.8 Å². The molecule has 20 heavy (non-hydrogen) atoms. The number of nitrogens with zero attached hydrogens (tertiary/aromatic N) is 2. The summed E-state index contributed by atoms with van der Waals surface area (Å²) in [5, 5.41) is 18.2. The van der Waals surface area contributed by atoms with Gasteiger partial charge in [-0.1, -0.05) is 19.3 Å². The normalized spacial score (nSPS) is 16.1. The Balaban J connectivity index is 2.26. The van der Waals surface area contributed by atoms with Crippen molar-refractivity contribution in [1.29, 1.82) is 0 Å². The first kappa shape index (κ1) is 14.6. The fourth-order valence-corrected chi connectivity index (χ4v) is 2.79. The standard InChI is InChI=1S/C14H21N3O3/c15-12-8-10(14(19)20)9-16-13(12)17(6-7-18)11-4-2-1-3-5-11/h8-9,11,18H,1-7,15H2,(H,19,20). The summed E-state index contributed by atoms with van der Waals surface area (Å²) in [5.41, 5.74) is 6.38. The third-order valence-electron chi connectivity index (χ3n) is 3.77. The van der Waals surface area contributed by atoms with Gasteiger partial charge in [-0.05, 0) is 18.9 Å². The molecule has 6 heteroatoms. The van der Waals surface area contributed by atoms with E-state index < -0.39 is 5.97 Å². The van der Waals surface area contributed by atoms with Crippen LogP contribution >= 0.6 is 0 Å². The van der Waals surface area contributed by atoms with Gasteiger partial charge in [0, 0.05) is 18.8 Å². The number of nitrogens with two attached hydrogens (primary N) is 1. The van der Waals surface area contributed by atoms with Crippen LogP contribution in [0, 0.1) is 0 Å². The molecule has 1 fully saturated rings. The molecule has 1 heterocycles. The molecule has 1 aromatic rings. The molecule has 0 atom stereocenters. The van der Waals surface area contributed by atoms with Gasteiger partial charge in [0.1, 0.15) is 0 Å². The predicted molar refractivity (Wildman–Crippen MR) is 76.9 cm³/mol. The molecule has 0 aliphatic heterocycles. The van der Waals surface area contributed by atoms with Gasteiger partial charge in [-0.3, -0.25) is 0 Å². The van der Waals surface area contributed by atoms with Crippen molar-refractivity contribution in [3.8, 4) is 0 Å². The number of nitrogen functional groups attached to an aromatic ring is 1. The highest BCUT2D eigenvalue weighted by Gasteiger charge is 2.24. The van der Waals surface area contributed by atoms with Crippen LogP contribution in [-0.2, 0) is 0 Å². The van der Waals surface area contributed by atoms with Gasteiger partial charge in [0.2, 0.25) is 0 Å². The summed E-state index contributed by atoms with van der Waals surface area (Å²) in [6, 6.07) is 1.75. The molecule has 2 rings (SSSR count). The lowest BCUT2D eigenvalue weighted by Gasteiger charge is -2.35. The number of rotatable bonds is 5. The number of aliphatic hydroxyl groups is 1. The van der Waals surface area contributed by atoms with Crippen molar-refractivity contribution in [1.82, 2.24) is 4.98 Å². The highest BCUT2D eigenvalue weighted by Crippen LogP contribution is 2.29. The van der Waals surface area contributed by atoms with Crippen molar-refractivity contribution in [2.24, 2.45) is 0 Å². The van der Waals surface area contributed by atoms with Gasteiger partial charge in [-0.2, -0.15) is 0 Å². The van der Waals surface area contributed by atoms with Gasteiger partial charge in [0.05, 0.1) is 17.9 Å². The molecule has 1 aromatic heterocycles. The molecule has 1 aliphatic rings. The number of carboxylic acids is 1. The van der Waals surface area contributed by atoms with E-state index in [9.17, 15) is 9.90 Å². The van der Waals surface area contributed by atoms with Gasteiger partial charge < -0.3 is 20.8 Å². The molecule has 110 valence electrons. The number of hydrogen-bond acceptors (Lipinski definition) is 5. The minimum absolute atomic E-state index is 0.0261. The molecule has 0 aromatic carbocycles. The van der Waals surface area contributed by atoms with Crippen LogP contribution in [0.1, 0.15) is 42.5 Å². The first-order valence-electron chi connectivity index (χ1n) is 6.99. The molecule has 0 saturated heterocycles. The number of hydrogen-bond donors (Lipinski definition) is 3. The van der Waals surface area contributed by atoms with Crippen LogP contribution in [0.25, 0.3) is 0 Å². The zero-order valence-electron chi connectivity index (χ0n) is 11.5. The van der Waals surface area contributed by atoms with E-state index in [-0.39, 0.29) is 12.2 Å². The van der Waals surface area contributed by atoms with Crippen molar-refractivity contribution >= 4 is 17.5 Å². The van der Waals surface area contributed by atoms with Crippen LogP contribution in [0.4, 0.5) is 11.5 Å². The van der Waals surface area contributed by atoms with E-state index in [0.717, 1.165) is 12.8 Å². The summed E-state index contributed by atoms with van der Waals surface area (Å²) >= 11 is 0. The molecule has 1 saturated carbocycles. The van der Waals surface area contributed by atoms with E-state index in [1.807, 2.05) is 4.90 Å². The zero-order valence-corrected chi connectivity index (χ0v) is 11.5. The molecule has 6 nitrogen and oxygen atoms in total. The van der Waals surface area contributed by atoms with Crippen LogP contribution in [-0.4, -0.2) is 40.4 Å². The van der Waals surface area contributed by atoms with E-state index >= 15 is 0 Å². The summed E-state index contributed by atoms with van der Waals surface area (Å²) in [7, 11) is 0. The number of pyridine rings is 1. The lowest BCUT2D eigenvalue weighted by atomic mass is 9.94. The molecule has 0 bridgehead atoms. The first-order valence-corrected chi connectivity index (χ1v) is 6.99. The zero-order chi connectivity index (χ0) is 14.5. The minimum Gasteiger partial charge on any atom is -0.478 e. The summed E-state index contributed by atoms with van der Waals surface area (Å²) in [4.78, 5) is 17.1. The predicted octanol–water partition coefficient (Wildman–Crippen LogP) is 1.49. The van der Waals surface area contributed by atoms with E-state index in [0.29, 0.717) is 24.1 Å². The fourth-order valence-electron chi connectivity index (χ4n) is 2.79. The second-order valence-corrected chi connectivity index (χ2v) is 5.15. The first-order chi connectivity index (χ1) is 9.63. The maximum Gasteiger partial charge on any atom is 0.337 e. The summed E-state index contributed by atoms with van der Waals surface area (Å²) in [6.45, 7) is 0.493. The maximum absolute atomic E-state index is 10.9. The summed E-state index contributed by atoms with van der Waals surface area (Å²) < 4.78 is 0. The lowest BCUT2D eigenvalue weighted by Crippen LogP contribution is -2.39. The van der Waals surface area contributed by atoms with Crippen LogP contribution in [0.2, 0.25) is 0 Å². The SMILES string of the molecule is Nc1cc(C(=O)O)cnc1N(CCO)C1CCCCC1. The number of carbonyl (C=O) groups is 1. The van der Waals surface area contributed by atoms with E-state index in [2.05, 4.69) is 4.98 Å². The Morgan fingerprint density at radius 2 is 2.10 bits per heavy atom. The smallest absolute Gasteiger partial charge is 0.337 e. The Kier molecular flexibility index (Phi) is 4.79. The van der Waals surface area contributed by atoms with Crippen LogP contribution < -0.4 is 10.6 Å². The van der Waals surface area contributed by atoms with Gasteiger partial charge >= 0.3 is 5.97 Å². The summed E-state index contributed by atoms with van der Waals surface area (Å²) in [6.07, 6.45) is 7.01. The molecular formula is C14H21N3O3. The van der Waals surface area contributed by atoms with Crippen molar-refractivity contribution in [3.05, 3.63) is 17.8 Å². The average molecular weight is 279 g/mol. The Morgan fingerprint density at radius 3 is 2.65 bits per heavy atom.